The maximum atomic E-state index is 11.8. The molecule has 0 aromatic heterocycles. The molecule has 1 aromatic carbocycles. The number of rotatable bonds is 6. The normalized spacial score (nSPS) is 9.76. The Morgan fingerprint density at radius 3 is 2.65 bits per heavy atom. The van der Waals surface area contributed by atoms with E-state index in [1.54, 1.807) is 24.3 Å². The van der Waals surface area contributed by atoms with Crippen molar-refractivity contribution in [3.05, 3.63) is 29.8 Å². The van der Waals surface area contributed by atoms with E-state index in [-0.39, 0.29) is 0 Å². The maximum Gasteiger partial charge on any atom is 0.292 e. The van der Waals surface area contributed by atoms with Gasteiger partial charge in [0.2, 0.25) is 0 Å². The third-order valence-electron chi connectivity index (χ3n) is 2.37. The van der Waals surface area contributed by atoms with Gasteiger partial charge in [0.25, 0.3) is 11.7 Å². The fourth-order valence-corrected chi connectivity index (χ4v) is 1.41. The van der Waals surface area contributed by atoms with Gasteiger partial charge in [0.1, 0.15) is 5.75 Å². The van der Waals surface area contributed by atoms with Crippen LogP contribution in [-0.2, 0) is 4.79 Å². The fraction of sp³-hybridized carbons (Fsp3) is 0.385. The van der Waals surface area contributed by atoms with Gasteiger partial charge < -0.3 is 10.1 Å². The lowest BCUT2D eigenvalue weighted by Gasteiger charge is -2.07. The highest BCUT2D eigenvalue weighted by Crippen LogP contribution is 2.17. The molecule has 0 bridgehead atoms. The molecule has 1 rings (SSSR count). The van der Waals surface area contributed by atoms with E-state index < -0.39 is 11.7 Å². The molecule has 92 valence electrons. The van der Waals surface area contributed by atoms with Gasteiger partial charge >= 0.3 is 0 Å². The lowest BCUT2D eigenvalue weighted by Crippen LogP contribution is -2.31. The van der Waals surface area contributed by atoms with Crippen LogP contribution in [0.3, 0.4) is 0 Å². The molecule has 0 saturated heterocycles. The Morgan fingerprint density at radius 2 is 2.00 bits per heavy atom. The molecule has 0 spiro atoms. The van der Waals surface area contributed by atoms with Crippen LogP contribution in [0.15, 0.2) is 24.3 Å². The topological polar surface area (TPSA) is 55.4 Å². The summed E-state index contributed by atoms with van der Waals surface area (Å²) < 4.78 is 5.04. The Labute approximate surface area is 101 Å². The smallest absolute Gasteiger partial charge is 0.292 e. The number of amides is 1. The van der Waals surface area contributed by atoms with E-state index in [1.807, 2.05) is 6.92 Å². The van der Waals surface area contributed by atoms with E-state index in [4.69, 9.17) is 4.74 Å². The number of para-hydroxylation sites is 1. The maximum absolute atomic E-state index is 11.8. The lowest BCUT2D eigenvalue weighted by molar-refractivity contribution is -0.117. The Morgan fingerprint density at radius 1 is 1.29 bits per heavy atom. The van der Waals surface area contributed by atoms with Crippen LogP contribution in [0.4, 0.5) is 0 Å². The summed E-state index contributed by atoms with van der Waals surface area (Å²) in [5, 5.41) is 2.59. The first-order valence-corrected chi connectivity index (χ1v) is 5.66. The van der Waals surface area contributed by atoms with Gasteiger partial charge in [-0.2, -0.15) is 0 Å². The van der Waals surface area contributed by atoms with Crippen molar-refractivity contribution in [1.29, 1.82) is 0 Å². The molecule has 0 unspecified atom stereocenters. The van der Waals surface area contributed by atoms with E-state index in [1.165, 1.54) is 7.11 Å². The van der Waals surface area contributed by atoms with Crippen LogP contribution in [0.2, 0.25) is 0 Å². The minimum Gasteiger partial charge on any atom is -0.496 e. The molecular weight excluding hydrogens is 218 g/mol. The number of nitrogens with one attached hydrogen (secondary N) is 1. The van der Waals surface area contributed by atoms with Crippen LogP contribution >= 0.6 is 0 Å². The second-order valence-electron chi connectivity index (χ2n) is 3.64. The Bertz CT molecular complexity index is 401. The number of benzene rings is 1. The molecule has 0 aliphatic carbocycles. The monoisotopic (exact) mass is 235 g/mol. The Hall–Kier alpha value is -1.84. The van der Waals surface area contributed by atoms with Gasteiger partial charge in [-0.1, -0.05) is 25.5 Å². The van der Waals surface area contributed by atoms with Crippen LogP contribution in [0.25, 0.3) is 0 Å². The van der Waals surface area contributed by atoms with Gasteiger partial charge in [-0.3, -0.25) is 9.59 Å². The van der Waals surface area contributed by atoms with Crippen molar-refractivity contribution < 1.29 is 14.3 Å². The molecule has 0 fully saturated rings. The Kier molecular flexibility index (Phi) is 5.20. The van der Waals surface area contributed by atoms with E-state index in [9.17, 15) is 9.59 Å². The van der Waals surface area contributed by atoms with Gasteiger partial charge in [0.15, 0.2) is 0 Å². The number of methoxy groups -OCH3 is 1. The molecule has 0 radical (unpaired) electrons. The lowest BCUT2D eigenvalue weighted by atomic mass is 10.1. The number of ether oxygens (including phenoxy) is 1. The molecular formula is C13H17NO3. The molecule has 0 saturated carbocycles. The first-order valence-electron chi connectivity index (χ1n) is 5.66. The highest BCUT2D eigenvalue weighted by molar-refractivity contribution is 6.43. The molecule has 4 nitrogen and oxygen atoms in total. The third kappa shape index (κ3) is 3.59. The number of ketones is 1. The van der Waals surface area contributed by atoms with Crippen molar-refractivity contribution in [3.63, 3.8) is 0 Å². The van der Waals surface area contributed by atoms with Gasteiger partial charge in [-0.25, -0.2) is 0 Å². The minimum absolute atomic E-state index is 0.295. The van der Waals surface area contributed by atoms with E-state index in [2.05, 4.69) is 5.32 Å². The van der Waals surface area contributed by atoms with Gasteiger partial charge in [0, 0.05) is 6.54 Å². The molecule has 0 aliphatic rings. The van der Waals surface area contributed by atoms with Crippen molar-refractivity contribution >= 4 is 11.7 Å². The van der Waals surface area contributed by atoms with Crippen LogP contribution in [0.5, 0.6) is 5.75 Å². The zero-order valence-corrected chi connectivity index (χ0v) is 10.2. The first-order chi connectivity index (χ1) is 8.20. The number of hydrogen-bond donors (Lipinski definition) is 1. The molecule has 4 heteroatoms. The Balaban J connectivity index is 2.71. The summed E-state index contributed by atoms with van der Waals surface area (Å²) in [5.74, 6) is -0.718. The summed E-state index contributed by atoms with van der Waals surface area (Å²) >= 11 is 0. The van der Waals surface area contributed by atoms with E-state index >= 15 is 0 Å². The summed E-state index contributed by atoms with van der Waals surface area (Å²) in [7, 11) is 1.47. The summed E-state index contributed by atoms with van der Waals surface area (Å²) in [5.41, 5.74) is 0.295. The number of hydrogen-bond acceptors (Lipinski definition) is 3. The largest absolute Gasteiger partial charge is 0.496 e. The van der Waals surface area contributed by atoms with Gasteiger partial charge in [-0.05, 0) is 18.6 Å². The zero-order chi connectivity index (χ0) is 12.7. The fourth-order valence-electron chi connectivity index (χ4n) is 1.41. The zero-order valence-electron chi connectivity index (χ0n) is 10.2. The first kappa shape index (κ1) is 13.2. The quantitative estimate of drug-likeness (QED) is 0.464. The van der Waals surface area contributed by atoms with Crippen molar-refractivity contribution in [2.45, 2.75) is 19.8 Å². The second-order valence-corrected chi connectivity index (χ2v) is 3.64. The van der Waals surface area contributed by atoms with E-state index in [0.29, 0.717) is 17.9 Å². The third-order valence-corrected chi connectivity index (χ3v) is 2.37. The van der Waals surface area contributed by atoms with Crippen molar-refractivity contribution in [2.24, 2.45) is 0 Å². The molecule has 17 heavy (non-hydrogen) atoms. The SMILES string of the molecule is CCCCNC(=O)C(=O)c1ccccc1OC. The van der Waals surface area contributed by atoms with Crippen LogP contribution < -0.4 is 10.1 Å². The van der Waals surface area contributed by atoms with Crippen LogP contribution in [-0.4, -0.2) is 25.3 Å². The standard InChI is InChI=1S/C13H17NO3/c1-3-4-9-14-13(16)12(15)10-7-5-6-8-11(10)17-2/h5-8H,3-4,9H2,1-2H3,(H,14,16). The molecule has 0 atom stereocenters. The summed E-state index contributed by atoms with van der Waals surface area (Å²) in [6.07, 6.45) is 1.84. The summed E-state index contributed by atoms with van der Waals surface area (Å²) in [6.45, 7) is 2.55. The minimum atomic E-state index is -0.581. The van der Waals surface area contributed by atoms with Gasteiger partial charge in [0.05, 0.1) is 12.7 Å². The average molecular weight is 235 g/mol. The molecule has 0 aliphatic heterocycles. The molecule has 0 heterocycles. The van der Waals surface area contributed by atoms with E-state index in [0.717, 1.165) is 12.8 Å². The van der Waals surface area contributed by atoms with Crippen molar-refractivity contribution in [2.75, 3.05) is 13.7 Å². The van der Waals surface area contributed by atoms with Crippen molar-refractivity contribution in [1.82, 2.24) is 5.32 Å². The van der Waals surface area contributed by atoms with Crippen LogP contribution in [0.1, 0.15) is 30.1 Å². The summed E-state index contributed by atoms with van der Waals surface area (Å²) in [6, 6.07) is 6.70. The highest BCUT2D eigenvalue weighted by Gasteiger charge is 2.18. The molecule has 1 amide bonds. The van der Waals surface area contributed by atoms with Crippen LogP contribution in [0, 0.1) is 0 Å². The molecule has 1 aromatic rings. The predicted octanol–water partition coefficient (Wildman–Crippen LogP) is 1.79. The highest BCUT2D eigenvalue weighted by atomic mass is 16.5. The second kappa shape index (κ2) is 6.68. The number of unbranched alkanes of at least 4 members (excludes halogenated alkanes) is 1. The number of carbonyl (C=O) groups is 2. The predicted molar refractivity (Wildman–Crippen MR) is 65.2 cm³/mol. The average Bonchev–Trinajstić information content (AvgIpc) is 2.38. The number of carbonyl (C=O) groups excluding carboxylic acids is 2. The van der Waals surface area contributed by atoms with Crippen molar-refractivity contribution in [3.8, 4) is 5.75 Å². The number of Topliss-reactive ketones (excluding diaryl/α,β-unsaturated/α-hetero) is 1. The van der Waals surface area contributed by atoms with Gasteiger partial charge in [-0.15, -0.1) is 0 Å². The summed E-state index contributed by atoms with van der Waals surface area (Å²) in [4.78, 5) is 23.4. The molecule has 1 N–H and O–H groups in total.